The second kappa shape index (κ2) is 7.55. The Balaban J connectivity index is 1.38. The molecular formula is C23H29N3O2. The van der Waals surface area contributed by atoms with E-state index in [9.17, 15) is 4.79 Å². The third-order valence-corrected chi connectivity index (χ3v) is 6.25. The molecule has 2 aliphatic rings. The molecule has 5 nitrogen and oxygen atoms in total. The highest BCUT2D eigenvalue weighted by molar-refractivity contribution is 5.85. The Bertz CT molecular complexity index is 878. The first-order valence-electron chi connectivity index (χ1n) is 10.1. The first-order chi connectivity index (χ1) is 13.5. The monoisotopic (exact) mass is 379 g/mol. The molecule has 1 unspecified atom stereocenters. The summed E-state index contributed by atoms with van der Waals surface area (Å²) in [6, 6.07) is 9.74. The van der Waals surface area contributed by atoms with Crippen LogP contribution in [-0.4, -0.2) is 47.1 Å². The molecule has 1 aromatic carbocycles. The maximum absolute atomic E-state index is 12.9. The molecule has 0 bridgehead atoms. The van der Waals surface area contributed by atoms with Gasteiger partial charge in [0.05, 0.1) is 11.6 Å². The number of allylic oxidation sites excluding steroid dienone is 1. The Morgan fingerprint density at radius 3 is 3.07 bits per heavy atom. The highest BCUT2D eigenvalue weighted by Gasteiger charge is 2.51. The van der Waals surface area contributed by atoms with E-state index in [-0.39, 0.29) is 23.6 Å². The Morgan fingerprint density at radius 1 is 1.43 bits per heavy atom. The summed E-state index contributed by atoms with van der Waals surface area (Å²) in [6.07, 6.45) is 7.60. The van der Waals surface area contributed by atoms with E-state index in [1.54, 1.807) is 6.20 Å². The van der Waals surface area contributed by atoms with E-state index >= 15 is 0 Å². The Hall–Kier alpha value is -2.40. The molecule has 0 spiro atoms. The number of pyridine rings is 1. The van der Waals surface area contributed by atoms with E-state index in [1.807, 2.05) is 43.5 Å². The van der Waals surface area contributed by atoms with Gasteiger partial charge in [0.25, 0.3) is 0 Å². The Kier molecular flexibility index (Phi) is 5.11. The van der Waals surface area contributed by atoms with Crippen molar-refractivity contribution in [2.45, 2.75) is 50.3 Å². The van der Waals surface area contributed by atoms with Crippen LogP contribution in [0.15, 0.2) is 49.2 Å². The molecule has 1 aromatic heterocycles. The van der Waals surface area contributed by atoms with Gasteiger partial charge < -0.3 is 10.1 Å². The van der Waals surface area contributed by atoms with Crippen LogP contribution in [-0.2, 0) is 4.79 Å². The topological polar surface area (TPSA) is 54.5 Å². The average Bonchev–Trinajstić information content (AvgIpc) is 3.16. The van der Waals surface area contributed by atoms with Crippen LogP contribution in [0, 0.1) is 5.92 Å². The number of nitrogens with zero attached hydrogens (tertiary/aromatic N) is 2. The van der Waals surface area contributed by atoms with Crippen molar-refractivity contribution in [1.29, 1.82) is 0 Å². The molecule has 1 saturated carbocycles. The maximum atomic E-state index is 12.9. The predicted octanol–water partition coefficient (Wildman–Crippen LogP) is 3.55. The number of rotatable bonds is 7. The van der Waals surface area contributed by atoms with Crippen molar-refractivity contribution in [1.82, 2.24) is 15.2 Å². The van der Waals surface area contributed by atoms with Crippen LogP contribution in [0.25, 0.3) is 10.9 Å². The zero-order valence-electron chi connectivity index (χ0n) is 16.7. The van der Waals surface area contributed by atoms with Crippen molar-refractivity contribution in [3.8, 4) is 5.75 Å². The number of ether oxygens (including phenoxy) is 1. The van der Waals surface area contributed by atoms with E-state index in [2.05, 4.69) is 28.7 Å². The van der Waals surface area contributed by atoms with Crippen molar-refractivity contribution >= 4 is 16.8 Å². The summed E-state index contributed by atoms with van der Waals surface area (Å²) in [5, 5.41) is 4.31. The van der Waals surface area contributed by atoms with E-state index in [1.165, 1.54) is 0 Å². The number of para-hydroxylation sites is 1. The van der Waals surface area contributed by atoms with Crippen LogP contribution >= 0.6 is 0 Å². The molecule has 1 saturated heterocycles. The minimum Gasteiger partial charge on any atom is -0.488 e. The molecular weight excluding hydrogens is 350 g/mol. The lowest BCUT2D eigenvalue weighted by Crippen LogP contribution is -2.46. The molecule has 148 valence electrons. The van der Waals surface area contributed by atoms with Crippen LogP contribution in [0.2, 0.25) is 0 Å². The lowest BCUT2D eigenvalue weighted by Gasteiger charge is -2.22. The zero-order valence-corrected chi connectivity index (χ0v) is 16.7. The number of fused-ring (bicyclic) bond motifs is 1. The van der Waals surface area contributed by atoms with Crippen LogP contribution in [0.1, 0.15) is 32.6 Å². The lowest BCUT2D eigenvalue weighted by atomic mass is 10.1. The molecule has 1 N–H and O–H groups in total. The number of benzene rings is 1. The van der Waals surface area contributed by atoms with Gasteiger partial charge in [0.1, 0.15) is 11.9 Å². The minimum atomic E-state index is -0.143. The maximum Gasteiger partial charge on any atom is 0.237 e. The van der Waals surface area contributed by atoms with Crippen molar-refractivity contribution in [3.63, 3.8) is 0 Å². The highest BCUT2D eigenvalue weighted by atomic mass is 16.5. The number of nitrogens with one attached hydrogen (secondary N) is 1. The van der Waals surface area contributed by atoms with E-state index < -0.39 is 0 Å². The number of likely N-dealkylation sites (tertiary alicyclic amines) is 1. The third-order valence-electron chi connectivity index (χ3n) is 6.25. The number of carbonyl (C=O) groups excluding carboxylic acids is 1. The van der Waals surface area contributed by atoms with Crippen molar-refractivity contribution < 1.29 is 9.53 Å². The molecule has 0 radical (unpaired) electrons. The molecule has 2 aromatic rings. The van der Waals surface area contributed by atoms with Crippen molar-refractivity contribution in [2.75, 3.05) is 13.6 Å². The smallest absolute Gasteiger partial charge is 0.237 e. The summed E-state index contributed by atoms with van der Waals surface area (Å²) in [6.45, 7) is 6.69. The highest BCUT2D eigenvalue weighted by Crippen LogP contribution is 2.46. The van der Waals surface area contributed by atoms with Gasteiger partial charge in [-0.3, -0.25) is 14.7 Å². The van der Waals surface area contributed by atoms with Gasteiger partial charge in [-0.2, -0.15) is 0 Å². The summed E-state index contributed by atoms with van der Waals surface area (Å²) >= 11 is 0. The van der Waals surface area contributed by atoms with Crippen LogP contribution < -0.4 is 10.1 Å². The van der Waals surface area contributed by atoms with Crippen LogP contribution in [0.4, 0.5) is 0 Å². The normalized spacial score (nSPS) is 29.6. The Morgan fingerprint density at radius 2 is 2.25 bits per heavy atom. The van der Waals surface area contributed by atoms with E-state index in [0.29, 0.717) is 12.3 Å². The number of hydrogen-bond acceptors (Lipinski definition) is 4. The second-order valence-corrected chi connectivity index (χ2v) is 8.43. The van der Waals surface area contributed by atoms with Gasteiger partial charge in [0.15, 0.2) is 0 Å². The van der Waals surface area contributed by atoms with Gasteiger partial charge in [-0.05, 0) is 57.4 Å². The first-order valence-corrected chi connectivity index (χ1v) is 10.1. The average molecular weight is 380 g/mol. The number of carbonyl (C=O) groups is 1. The zero-order chi connectivity index (χ0) is 19.7. The summed E-state index contributed by atoms with van der Waals surface area (Å²) < 4.78 is 6.29. The van der Waals surface area contributed by atoms with Crippen molar-refractivity contribution in [3.05, 3.63) is 49.2 Å². The van der Waals surface area contributed by atoms with Crippen LogP contribution in [0.5, 0.6) is 5.75 Å². The minimum absolute atomic E-state index is 0.00451. The summed E-state index contributed by atoms with van der Waals surface area (Å²) in [5.41, 5.74) is 0.870. The van der Waals surface area contributed by atoms with Gasteiger partial charge in [0, 0.05) is 30.1 Å². The molecule has 4 atom stereocenters. The molecule has 4 rings (SSSR count). The fraction of sp³-hybridized carbons (Fsp3) is 0.478. The van der Waals surface area contributed by atoms with Gasteiger partial charge in [0.2, 0.25) is 5.91 Å². The quantitative estimate of drug-likeness (QED) is 0.748. The number of likely N-dealkylation sites (N-methyl/N-ethyl adjacent to an activating group) is 1. The van der Waals surface area contributed by atoms with Crippen molar-refractivity contribution in [2.24, 2.45) is 5.92 Å². The van der Waals surface area contributed by atoms with Gasteiger partial charge in [-0.15, -0.1) is 6.58 Å². The number of amides is 1. The number of hydrogen-bond donors (Lipinski definition) is 1. The molecule has 5 heteroatoms. The SMILES string of the molecule is C=CCC[C@@H]1C[C@@]1(C)NC(=O)[C@@H]1CC(Oc2ccnc3ccccc23)CN1C. The van der Waals surface area contributed by atoms with Gasteiger partial charge in [-0.25, -0.2) is 0 Å². The van der Waals surface area contributed by atoms with E-state index in [4.69, 9.17) is 4.74 Å². The molecule has 2 heterocycles. The molecule has 28 heavy (non-hydrogen) atoms. The largest absolute Gasteiger partial charge is 0.488 e. The Labute approximate surface area is 166 Å². The predicted molar refractivity (Wildman–Crippen MR) is 111 cm³/mol. The van der Waals surface area contributed by atoms with Gasteiger partial charge >= 0.3 is 0 Å². The fourth-order valence-electron chi connectivity index (χ4n) is 4.41. The first kappa shape index (κ1) is 18.9. The molecule has 1 amide bonds. The molecule has 2 fully saturated rings. The summed E-state index contributed by atoms with van der Waals surface area (Å²) in [4.78, 5) is 19.4. The van der Waals surface area contributed by atoms with Gasteiger partial charge in [-0.1, -0.05) is 18.2 Å². The molecule has 1 aliphatic heterocycles. The number of aromatic nitrogens is 1. The van der Waals surface area contributed by atoms with E-state index in [0.717, 1.165) is 42.5 Å². The summed E-state index contributed by atoms with van der Waals surface area (Å²) in [7, 11) is 2.00. The standard InChI is InChI=1S/C23H29N3O2/c1-4-5-8-16-14-23(16,2)25-22(27)20-13-17(15-26(20)3)28-21-11-12-24-19-10-7-6-9-18(19)21/h4,6-7,9-12,16-17,20H,1,5,8,13-15H2,2-3H3,(H,25,27)/t16-,17?,20+,23-/m1/s1. The third kappa shape index (κ3) is 3.76. The van der Waals surface area contributed by atoms with Crippen LogP contribution in [0.3, 0.4) is 0 Å². The lowest BCUT2D eigenvalue weighted by molar-refractivity contribution is -0.126. The summed E-state index contributed by atoms with van der Waals surface area (Å²) in [5.74, 6) is 1.52. The molecule has 1 aliphatic carbocycles. The second-order valence-electron chi connectivity index (χ2n) is 8.43. The fourth-order valence-corrected chi connectivity index (χ4v) is 4.41.